The molecule has 1 aliphatic rings. The topological polar surface area (TPSA) is 9.23 Å². The molecule has 0 aromatic heterocycles. The molecule has 4 rings (SSSR count). The highest BCUT2D eigenvalue weighted by Gasteiger charge is 2.06. The third kappa shape index (κ3) is 2.65. The van der Waals surface area contributed by atoms with Crippen LogP contribution >= 0.6 is 23.0 Å². The highest BCUT2D eigenvalue weighted by atomic mass is 127. The first-order chi connectivity index (χ1) is 11.3. The van der Waals surface area contributed by atoms with Crippen LogP contribution < -0.4 is 13.5 Å². The number of benzene rings is 3. The van der Waals surface area contributed by atoms with Crippen LogP contribution in [0.15, 0.2) is 48.5 Å². The molecule has 3 aromatic rings. The summed E-state index contributed by atoms with van der Waals surface area (Å²) in [6, 6.07) is 17.6. The number of fused-ring (bicyclic) bond motifs is 2. The molecule has 1 nitrogen and oxygen atoms in total. The van der Waals surface area contributed by atoms with E-state index in [0.29, 0.717) is 0 Å². The number of hydrogen-bond donors (Lipinski definition) is 0. The zero-order valence-corrected chi connectivity index (χ0v) is 15.1. The average molecular weight is 412 g/mol. The van der Waals surface area contributed by atoms with E-state index in [1.165, 1.54) is 37.9 Å². The standard InChI is InChI=1S/C21H17IO/c1-14-20-10-8-18(13-19(20)9-11-21(14)23-22)17-7-6-15-4-2-3-5-16(15)12-17/h4-13H,2-3H2,1H3. The minimum atomic E-state index is 0.935. The van der Waals surface area contributed by atoms with E-state index in [9.17, 15) is 0 Å². The van der Waals surface area contributed by atoms with Gasteiger partial charge in [0, 0.05) is 0 Å². The smallest absolute Gasteiger partial charge is 0.192 e. The molecule has 0 aliphatic heterocycles. The van der Waals surface area contributed by atoms with E-state index in [1.54, 1.807) is 0 Å². The van der Waals surface area contributed by atoms with Crippen LogP contribution in [-0.4, -0.2) is 0 Å². The molecule has 0 spiro atoms. The first kappa shape index (κ1) is 14.8. The van der Waals surface area contributed by atoms with E-state index in [2.05, 4.69) is 61.5 Å². The van der Waals surface area contributed by atoms with E-state index in [1.807, 2.05) is 29.1 Å². The summed E-state index contributed by atoms with van der Waals surface area (Å²) in [5.41, 5.74) is 3.74. The molecule has 0 unspecified atom stereocenters. The number of halogens is 1. The van der Waals surface area contributed by atoms with Crippen LogP contribution in [0, 0.1) is 6.92 Å². The fourth-order valence-electron chi connectivity index (χ4n) is 3.32. The van der Waals surface area contributed by atoms with E-state index in [4.69, 9.17) is 3.07 Å². The summed E-state index contributed by atoms with van der Waals surface area (Å²) < 4.78 is 5.39. The van der Waals surface area contributed by atoms with Gasteiger partial charge in [0.15, 0.2) is 23.0 Å². The highest BCUT2D eigenvalue weighted by molar-refractivity contribution is 14.1. The normalized spacial score (nSPS) is 13.1. The predicted molar refractivity (Wildman–Crippen MR) is 106 cm³/mol. The largest absolute Gasteiger partial charge is 0.427 e. The summed E-state index contributed by atoms with van der Waals surface area (Å²) in [4.78, 5) is 0. The van der Waals surface area contributed by atoms with Gasteiger partial charge in [-0.1, -0.05) is 42.5 Å². The Kier molecular flexibility index (Phi) is 3.85. The summed E-state index contributed by atoms with van der Waals surface area (Å²) in [5.74, 6) is 0.935. The summed E-state index contributed by atoms with van der Waals surface area (Å²) in [6.07, 6.45) is 6.97. The average Bonchev–Trinajstić information content (AvgIpc) is 2.61. The van der Waals surface area contributed by atoms with Gasteiger partial charge in [-0.2, -0.15) is 0 Å². The molecule has 0 heterocycles. The summed E-state index contributed by atoms with van der Waals surface area (Å²) >= 11 is 1.94. The monoisotopic (exact) mass is 412 g/mol. The van der Waals surface area contributed by atoms with Gasteiger partial charge in [-0.05, 0) is 75.9 Å². The molecule has 3 aromatic carbocycles. The lowest BCUT2D eigenvalue weighted by molar-refractivity contribution is 0.711. The van der Waals surface area contributed by atoms with Gasteiger partial charge in [-0.25, -0.2) is 0 Å². The van der Waals surface area contributed by atoms with Gasteiger partial charge in [0.1, 0.15) is 5.75 Å². The van der Waals surface area contributed by atoms with Crippen LogP contribution in [0.25, 0.3) is 34.1 Å². The second-order valence-electron chi connectivity index (χ2n) is 6.03. The molecule has 0 N–H and O–H groups in total. The molecule has 0 saturated carbocycles. The van der Waals surface area contributed by atoms with Crippen molar-refractivity contribution in [2.45, 2.75) is 19.8 Å². The van der Waals surface area contributed by atoms with E-state index in [-0.39, 0.29) is 0 Å². The van der Waals surface area contributed by atoms with Crippen LogP contribution in [0.3, 0.4) is 0 Å². The molecule has 0 amide bonds. The van der Waals surface area contributed by atoms with Gasteiger partial charge >= 0.3 is 0 Å². The fraction of sp³-hybridized carbons (Fsp3) is 0.143. The molecule has 23 heavy (non-hydrogen) atoms. The van der Waals surface area contributed by atoms with Crippen molar-refractivity contribution in [3.8, 4) is 16.9 Å². The Hall–Kier alpha value is -1.81. The molecule has 2 heteroatoms. The second-order valence-corrected chi connectivity index (χ2v) is 6.47. The van der Waals surface area contributed by atoms with E-state index < -0.39 is 0 Å². The van der Waals surface area contributed by atoms with Gasteiger partial charge in [0.2, 0.25) is 0 Å². The van der Waals surface area contributed by atoms with Gasteiger partial charge in [0.25, 0.3) is 0 Å². The Balaban J connectivity index is 1.87. The molecule has 0 bridgehead atoms. The fourth-order valence-corrected chi connectivity index (χ4v) is 3.80. The van der Waals surface area contributed by atoms with Gasteiger partial charge < -0.3 is 3.07 Å². The lowest BCUT2D eigenvalue weighted by Gasteiger charge is -2.10. The van der Waals surface area contributed by atoms with E-state index >= 15 is 0 Å². The SMILES string of the molecule is Cc1c(OI)ccc2cc(-c3ccc4c(c3)=CCCC=4)ccc12. The maximum atomic E-state index is 5.39. The maximum Gasteiger partial charge on any atom is 0.192 e. The van der Waals surface area contributed by atoms with Gasteiger partial charge in [-0.15, -0.1) is 0 Å². The lowest BCUT2D eigenvalue weighted by Crippen LogP contribution is -2.26. The number of aryl methyl sites for hydroxylation is 1. The van der Waals surface area contributed by atoms with Gasteiger partial charge in [-0.3, -0.25) is 0 Å². The first-order valence-corrected chi connectivity index (χ1v) is 8.77. The zero-order valence-electron chi connectivity index (χ0n) is 13.0. The van der Waals surface area contributed by atoms with Crippen molar-refractivity contribution in [2.24, 2.45) is 0 Å². The highest BCUT2D eigenvalue weighted by Crippen LogP contribution is 2.31. The Morgan fingerprint density at radius 2 is 1.57 bits per heavy atom. The lowest BCUT2D eigenvalue weighted by atomic mass is 9.97. The van der Waals surface area contributed by atoms with Crippen molar-refractivity contribution in [3.05, 3.63) is 64.5 Å². The van der Waals surface area contributed by atoms with Gasteiger partial charge in [0.05, 0.1) is 0 Å². The Bertz CT molecular complexity index is 1020. The van der Waals surface area contributed by atoms with Crippen molar-refractivity contribution in [1.82, 2.24) is 0 Å². The molecule has 0 fully saturated rings. The number of rotatable bonds is 2. The summed E-state index contributed by atoms with van der Waals surface area (Å²) in [6.45, 7) is 2.11. The van der Waals surface area contributed by atoms with Crippen LogP contribution in [-0.2, 0) is 0 Å². The minimum Gasteiger partial charge on any atom is -0.427 e. The summed E-state index contributed by atoms with van der Waals surface area (Å²) in [7, 11) is 0. The second kappa shape index (κ2) is 6.00. The molecular weight excluding hydrogens is 395 g/mol. The molecule has 0 saturated heterocycles. The zero-order chi connectivity index (χ0) is 15.8. The Labute approximate surface area is 150 Å². The Morgan fingerprint density at radius 1 is 0.826 bits per heavy atom. The Morgan fingerprint density at radius 3 is 2.39 bits per heavy atom. The van der Waals surface area contributed by atoms with Crippen LogP contribution in [0.5, 0.6) is 5.75 Å². The van der Waals surface area contributed by atoms with Crippen LogP contribution in [0.4, 0.5) is 0 Å². The molecular formula is C21H17IO. The van der Waals surface area contributed by atoms with Crippen LogP contribution in [0.2, 0.25) is 0 Å². The predicted octanol–water partition coefficient (Wildman–Crippen LogP) is 4.90. The molecule has 114 valence electrons. The minimum absolute atomic E-state index is 0.935. The maximum absolute atomic E-state index is 5.39. The van der Waals surface area contributed by atoms with Crippen molar-refractivity contribution in [2.75, 3.05) is 0 Å². The third-order valence-corrected chi connectivity index (χ3v) is 5.11. The first-order valence-electron chi connectivity index (χ1n) is 7.89. The van der Waals surface area contributed by atoms with Crippen LogP contribution in [0.1, 0.15) is 18.4 Å². The van der Waals surface area contributed by atoms with Crippen molar-refractivity contribution in [3.63, 3.8) is 0 Å². The van der Waals surface area contributed by atoms with Crippen molar-refractivity contribution in [1.29, 1.82) is 0 Å². The molecule has 0 radical (unpaired) electrons. The molecule has 0 atom stereocenters. The van der Waals surface area contributed by atoms with Crippen molar-refractivity contribution >= 4 is 45.9 Å². The van der Waals surface area contributed by atoms with E-state index in [0.717, 1.165) is 18.6 Å². The third-order valence-electron chi connectivity index (χ3n) is 4.64. The summed E-state index contributed by atoms with van der Waals surface area (Å²) in [5, 5.41) is 5.23. The number of hydrogen-bond acceptors (Lipinski definition) is 1. The molecule has 1 aliphatic carbocycles. The van der Waals surface area contributed by atoms with Crippen molar-refractivity contribution < 1.29 is 3.07 Å². The quantitative estimate of drug-likeness (QED) is 0.545.